The smallest absolute Gasteiger partial charge is 0.308 e. The maximum absolute atomic E-state index is 13.0. The van der Waals surface area contributed by atoms with E-state index in [0.29, 0.717) is 18.5 Å². The molecule has 1 N–H and O–H groups in total. The number of hydrogen-bond acceptors (Lipinski definition) is 4. The molecule has 5 nitrogen and oxygen atoms in total. The number of carbonyl (C=O) groups is 1. The number of halogens is 2. The van der Waals surface area contributed by atoms with E-state index < -0.39 is 11.7 Å². The van der Waals surface area contributed by atoms with Crippen molar-refractivity contribution in [1.82, 2.24) is 15.5 Å². The Kier molecular flexibility index (Phi) is 5.40. The zero-order valence-electron chi connectivity index (χ0n) is 13.2. The monoisotopic (exact) mass is 359 g/mol. The van der Waals surface area contributed by atoms with Gasteiger partial charge in [0.25, 0.3) is 0 Å². The Morgan fingerprint density at radius 3 is 2.72 bits per heavy atom. The molecule has 2 aromatic carbocycles. The standard InChI is InChI=1S/C18H15ClFN3O2/c19-15-11-14(20)7-6-13(15)10-16-22-23-18(25-16)17(24)21-9-8-12-4-2-1-3-5-12/h1-7,11H,8-10H2,(H,21,24). The van der Waals surface area contributed by atoms with E-state index in [9.17, 15) is 9.18 Å². The zero-order valence-corrected chi connectivity index (χ0v) is 14.0. The molecule has 0 saturated carbocycles. The third kappa shape index (κ3) is 4.64. The summed E-state index contributed by atoms with van der Waals surface area (Å²) < 4.78 is 18.4. The number of aromatic nitrogens is 2. The molecule has 0 aliphatic heterocycles. The number of carbonyl (C=O) groups excluding carboxylic acids is 1. The molecule has 0 atom stereocenters. The minimum atomic E-state index is -0.431. The van der Waals surface area contributed by atoms with E-state index in [4.69, 9.17) is 16.0 Å². The SMILES string of the molecule is O=C(NCCc1ccccc1)c1nnc(Cc2ccc(F)cc2Cl)o1. The highest BCUT2D eigenvalue weighted by atomic mass is 35.5. The molecule has 0 saturated heterocycles. The molecule has 3 aromatic rings. The maximum atomic E-state index is 13.0. The van der Waals surface area contributed by atoms with Crippen LogP contribution in [0.3, 0.4) is 0 Å². The summed E-state index contributed by atoms with van der Waals surface area (Å²) in [5, 5.41) is 10.6. The summed E-state index contributed by atoms with van der Waals surface area (Å²) in [6.07, 6.45) is 0.933. The molecule has 0 aliphatic carbocycles. The first kappa shape index (κ1) is 17.1. The number of rotatable bonds is 6. The Morgan fingerprint density at radius 1 is 1.16 bits per heavy atom. The lowest BCUT2D eigenvalue weighted by Crippen LogP contribution is -2.26. The fraction of sp³-hybridized carbons (Fsp3) is 0.167. The molecule has 0 spiro atoms. The average molecular weight is 360 g/mol. The van der Waals surface area contributed by atoms with Crippen molar-refractivity contribution in [2.75, 3.05) is 6.54 Å². The van der Waals surface area contributed by atoms with Gasteiger partial charge >= 0.3 is 11.8 Å². The Morgan fingerprint density at radius 2 is 1.96 bits per heavy atom. The topological polar surface area (TPSA) is 68.0 Å². The molecular weight excluding hydrogens is 345 g/mol. The molecule has 1 amide bonds. The normalized spacial score (nSPS) is 10.6. The Labute approximate surface area is 148 Å². The van der Waals surface area contributed by atoms with Crippen LogP contribution in [-0.2, 0) is 12.8 Å². The van der Waals surface area contributed by atoms with E-state index in [0.717, 1.165) is 5.56 Å². The number of nitrogens with one attached hydrogen (secondary N) is 1. The lowest BCUT2D eigenvalue weighted by atomic mass is 10.1. The molecule has 0 fully saturated rings. The van der Waals surface area contributed by atoms with Crippen molar-refractivity contribution in [3.05, 3.63) is 82.3 Å². The summed E-state index contributed by atoms with van der Waals surface area (Å²) in [6, 6.07) is 13.9. The van der Waals surface area contributed by atoms with Crippen LogP contribution in [0.4, 0.5) is 4.39 Å². The average Bonchev–Trinajstić information content (AvgIpc) is 3.07. The van der Waals surface area contributed by atoms with Crippen molar-refractivity contribution in [1.29, 1.82) is 0 Å². The van der Waals surface area contributed by atoms with Gasteiger partial charge in [-0.2, -0.15) is 0 Å². The summed E-state index contributed by atoms with van der Waals surface area (Å²) in [4.78, 5) is 12.0. The minimum absolute atomic E-state index is 0.110. The molecular formula is C18H15ClFN3O2. The second kappa shape index (κ2) is 7.90. The minimum Gasteiger partial charge on any atom is -0.417 e. The fourth-order valence-corrected chi connectivity index (χ4v) is 2.52. The quantitative estimate of drug-likeness (QED) is 0.732. The fourth-order valence-electron chi connectivity index (χ4n) is 2.29. The first-order chi connectivity index (χ1) is 12.1. The Balaban J connectivity index is 1.56. The van der Waals surface area contributed by atoms with Gasteiger partial charge in [0.05, 0.1) is 6.42 Å². The van der Waals surface area contributed by atoms with Gasteiger partial charge < -0.3 is 9.73 Å². The van der Waals surface area contributed by atoms with Crippen molar-refractivity contribution in [2.45, 2.75) is 12.8 Å². The summed E-state index contributed by atoms with van der Waals surface area (Å²) in [7, 11) is 0. The van der Waals surface area contributed by atoms with Crippen LogP contribution in [0.2, 0.25) is 5.02 Å². The van der Waals surface area contributed by atoms with Crippen LogP contribution in [0.1, 0.15) is 27.7 Å². The van der Waals surface area contributed by atoms with Crippen LogP contribution in [0.15, 0.2) is 52.9 Å². The van der Waals surface area contributed by atoms with Crippen molar-refractivity contribution in [3.63, 3.8) is 0 Å². The van der Waals surface area contributed by atoms with Gasteiger partial charge in [-0.1, -0.05) is 48.0 Å². The first-order valence-electron chi connectivity index (χ1n) is 7.70. The van der Waals surface area contributed by atoms with E-state index in [1.807, 2.05) is 30.3 Å². The van der Waals surface area contributed by atoms with Crippen LogP contribution in [0.5, 0.6) is 0 Å². The maximum Gasteiger partial charge on any atom is 0.308 e. The van der Waals surface area contributed by atoms with Crippen LogP contribution in [-0.4, -0.2) is 22.6 Å². The van der Waals surface area contributed by atoms with Gasteiger partial charge in [-0.25, -0.2) is 4.39 Å². The third-order valence-corrected chi connectivity index (χ3v) is 3.91. The van der Waals surface area contributed by atoms with Gasteiger partial charge in [-0.15, -0.1) is 10.2 Å². The Bertz CT molecular complexity index is 868. The number of nitrogens with zero attached hydrogens (tertiary/aromatic N) is 2. The number of amides is 1. The van der Waals surface area contributed by atoms with Gasteiger partial charge in [0.1, 0.15) is 5.82 Å². The van der Waals surface area contributed by atoms with Crippen molar-refractivity contribution < 1.29 is 13.6 Å². The zero-order chi connectivity index (χ0) is 17.6. The predicted molar refractivity (Wildman–Crippen MR) is 91.0 cm³/mol. The highest BCUT2D eigenvalue weighted by Gasteiger charge is 2.15. The van der Waals surface area contributed by atoms with E-state index in [-0.39, 0.29) is 23.2 Å². The molecule has 128 valence electrons. The van der Waals surface area contributed by atoms with Crippen molar-refractivity contribution in [2.24, 2.45) is 0 Å². The van der Waals surface area contributed by atoms with E-state index in [1.165, 1.54) is 12.1 Å². The summed E-state index contributed by atoms with van der Waals surface area (Å²) >= 11 is 5.97. The lowest BCUT2D eigenvalue weighted by Gasteiger charge is -2.02. The number of benzene rings is 2. The molecule has 7 heteroatoms. The van der Waals surface area contributed by atoms with E-state index >= 15 is 0 Å². The van der Waals surface area contributed by atoms with Gasteiger partial charge in [-0.3, -0.25) is 4.79 Å². The molecule has 0 bridgehead atoms. The Hall–Kier alpha value is -2.73. The second-order valence-corrected chi connectivity index (χ2v) is 5.81. The molecule has 0 unspecified atom stereocenters. The van der Waals surface area contributed by atoms with E-state index in [1.54, 1.807) is 6.07 Å². The molecule has 1 aromatic heterocycles. The molecule has 0 radical (unpaired) electrons. The summed E-state index contributed by atoms with van der Waals surface area (Å²) in [5.41, 5.74) is 1.77. The van der Waals surface area contributed by atoms with Crippen LogP contribution in [0.25, 0.3) is 0 Å². The van der Waals surface area contributed by atoms with Crippen LogP contribution >= 0.6 is 11.6 Å². The van der Waals surface area contributed by atoms with E-state index in [2.05, 4.69) is 15.5 Å². The molecule has 25 heavy (non-hydrogen) atoms. The van der Waals surface area contributed by atoms with Crippen LogP contribution in [0, 0.1) is 5.82 Å². The van der Waals surface area contributed by atoms with Gasteiger partial charge in [-0.05, 0) is 29.7 Å². The molecule has 1 heterocycles. The third-order valence-electron chi connectivity index (χ3n) is 3.56. The molecule has 0 aliphatic rings. The van der Waals surface area contributed by atoms with Crippen molar-refractivity contribution in [3.8, 4) is 0 Å². The largest absolute Gasteiger partial charge is 0.417 e. The second-order valence-electron chi connectivity index (χ2n) is 5.40. The number of hydrogen-bond donors (Lipinski definition) is 1. The predicted octanol–water partition coefficient (Wildman–Crippen LogP) is 3.43. The van der Waals surface area contributed by atoms with Gasteiger partial charge in [0.15, 0.2) is 0 Å². The lowest BCUT2D eigenvalue weighted by molar-refractivity contribution is 0.0918. The highest BCUT2D eigenvalue weighted by molar-refractivity contribution is 6.31. The van der Waals surface area contributed by atoms with Crippen LogP contribution < -0.4 is 5.32 Å². The highest BCUT2D eigenvalue weighted by Crippen LogP contribution is 2.20. The molecule has 3 rings (SSSR count). The first-order valence-corrected chi connectivity index (χ1v) is 8.08. The van der Waals surface area contributed by atoms with Gasteiger partial charge in [0.2, 0.25) is 5.89 Å². The summed E-state index contributed by atoms with van der Waals surface area (Å²) in [6.45, 7) is 0.463. The van der Waals surface area contributed by atoms with Gasteiger partial charge in [0, 0.05) is 11.6 Å². The summed E-state index contributed by atoms with van der Waals surface area (Å²) in [5.74, 6) is -0.722. The van der Waals surface area contributed by atoms with Crippen molar-refractivity contribution >= 4 is 17.5 Å².